The molecular weight excluding hydrogens is 419 g/mol. The molecule has 0 saturated heterocycles. The van der Waals surface area contributed by atoms with E-state index in [1.807, 2.05) is 12.1 Å². The molecule has 0 spiro atoms. The quantitative estimate of drug-likeness (QED) is 0.354. The number of halogens is 2. The molecule has 4 rings (SSSR count). The molecule has 0 N–H and O–H groups in total. The predicted molar refractivity (Wildman–Crippen MR) is 102 cm³/mol. The third-order valence-corrected chi connectivity index (χ3v) is 5.02. The molecule has 0 radical (unpaired) electrons. The van der Waals surface area contributed by atoms with Crippen LogP contribution in [0.4, 0.5) is 4.39 Å². The van der Waals surface area contributed by atoms with Crippen molar-refractivity contribution in [3.63, 3.8) is 0 Å². The molecule has 4 aromatic rings. The van der Waals surface area contributed by atoms with Crippen LogP contribution in [-0.2, 0) is 5.75 Å². The largest absolute Gasteiger partial charge is 0.275 e. The monoisotopic (exact) mass is 430 g/mol. The summed E-state index contributed by atoms with van der Waals surface area (Å²) < 4.78 is 17.2. The zero-order chi connectivity index (χ0) is 17.9. The number of thioether (sulfide) groups is 1. The second-order valence-electron chi connectivity index (χ2n) is 5.38. The second kappa shape index (κ2) is 7.38. The number of benzene rings is 2. The summed E-state index contributed by atoms with van der Waals surface area (Å²) in [5, 5.41) is 17.6. The van der Waals surface area contributed by atoms with Gasteiger partial charge in [0, 0.05) is 10.2 Å². The van der Waals surface area contributed by atoms with E-state index in [1.54, 1.807) is 41.0 Å². The van der Waals surface area contributed by atoms with E-state index in [4.69, 9.17) is 0 Å². The van der Waals surface area contributed by atoms with Gasteiger partial charge < -0.3 is 0 Å². The van der Waals surface area contributed by atoms with Gasteiger partial charge in [-0.1, -0.05) is 52.0 Å². The lowest BCUT2D eigenvalue weighted by molar-refractivity contribution is 0.628. The van der Waals surface area contributed by atoms with Gasteiger partial charge in [0.2, 0.25) is 5.16 Å². The van der Waals surface area contributed by atoms with Crippen LogP contribution in [0, 0.1) is 5.82 Å². The third kappa shape index (κ3) is 3.68. The van der Waals surface area contributed by atoms with Crippen molar-refractivity contribution >= 4 is 39.7 Å². The first-order valence-electron chi connectivity index (χ1n) is 7.65. The van der Waals surface area contributed by atoms with Crippen molar-refractivity contribution < 1.29 is 4.39 Å². The predicted octanol–water partition coefficient (Wildman–Crippen LogP) is 4.00. The average molecular weight is 431 g/mol. The molecule has 9 heteroatoms. The summed E-state index contributed by atoms with van der Waals surface area (Å²) in [6.45, 7) is 0. The molecule has 0 unspecified atom stereocenters. The molecule has 0 amide bonds. The normalized spacial score (nSPS) is 11.6. The fourth-order valence-electron chi connectivity index (χ4n) is 2.28. The minimum absolute atomic E-state index is 0.281. The molecule has 2 aromatic heterocycles. The number of hydrogen-bond acceptors (Lipinski definition) is 5. The maximum atomic E-state index is 12.9. The lowest BCUT2D eigenvalue weighted by atomic mass is 10.2. The van der Waals surface area contributed by atoms with Crippen LogP contribution in [0.3, 0.4) is 0 Å². The topological polar surface area (TPSA) is 60.4 Å². The minimum atomic E-state index is -0.281. The summed E-state index contributed by atoms with van der Waals surface area (Å²) in [5.74, 6) is 0.989. The van der Waals surface area contributed by atoms with Gasteiger partial charge in [-0.2, -0.15) is 19.4 Å². The molecule has 0 bridgehead atoms. The Morgan fingerprint density at radius 2 is 2.00 bits per heavy atom. The van der Waals surface area contributed by atoms with E-state index in [0.717, 1.165) is 15.8 Å². The molecule has 6 nitrogen and oxygen atoms in total. The van der Waals surface area contributed by atoms with E-state index in [0.29, 0.717) is 10.9 Å². The highest BCUT2D eigenvalue weighted by Gasteiger charge is 2.11. The molecule has 2 heterocycles. The minimum Gasteiger partial charge on any atom is -0.207 e. The maximum Gasteiger partial charge on any atom is 0.275 e. The highest BCUT2D eigenvalue weighted by atomic mass is 79.9. The molecule has 0 aliphatic heterocycles. The van der Waals surface area contributed by atoms with Crippen LogP contribution in [0.2, 0.25) is 0 Å². The number of aromatic nitrogens is 5. The van der Waals surface area contributed by atoms with Gasteiger partial charge in [0.15, 0.2) is 0 Å². The fourth-order valence-corrected chi connectivity index (χ4v) is 3.55. The van der Waals surface area contributed by atoms with Gasteiger partial charge in [0.1, 0.15) is 12.1 Å². The first-order valence-corrected chi connectivity index (χ1v) is 9.43. The Kier molecular flexibility index (Phi) is 4.81. The Morgan fingerprint density at radius 1 is 1.15 bits per heavy atom. The van der Waals surface area contributed by atoms with Gasteiger partial charge >= 0.3 is 0 Å². The Balaban J connectivity index is 1.52. The summed E-state index contributed by atoms with van der Waals surface area (Å²) in [4.78, 5) is 0. The van der Waals surface area contributed by atoms with Gasteiger partial charge in [-0.25, -0.2) is 4.39 Å². The highest BCUT2D eigenvalue weighted by molar-refractivity contribution is 9.10. The zero-order valence-electron chi connectivity index (χ0n) is 13.3. The van der Waals surface area contributed by atoms with E-state index in [9.17, 15) is 4.39 Å². The van der Waals surface area contributed by atoms with Crippen LogP contribution in [0.1, 0.15) is 11.1 Å². The third-order valence-electron chi connectivity index (χ3n) is 3.54. The second-order valence-corrected chi connectivity index (χ2v) is 7.24. The molecule has 0 aliphatic rings. The van der Waals surface area contributed by atoms with Gasteiger partial charge in [-0.15, -0.1) is 10.2 Å². The number of hydrogen-bond donors (Lipinski definition) is 0. The van der Waals surface area contributed by atoms with E-state index in [-0.39, 0.29) is 5.82 Å². The molecular formula is C17H12BrFN6S. The molecule has 130 valence electrons. The maximum absolute atomic E-state index is 12.9. The summed E-state index contributed by atoms with van der Waals surface area (Å²) >= 11 is 5.02. The summed E-state index contributed by atoms with van der Waals surface area (Å²) in [7, 11) is 0. The Labute approximate surface area is 160 Å². The van der Waals surface area contributed by atoms with Crippen molar-refractivity contribution in [2.24, 2.45) is 5.10 Å². The first kappa shape index (κ1) is 16.9. The molecule has 0 saturated carbocycles. The molecule has 26 heavy (non-hydrogen) atoms. The lowest BCUT2D eigenvalue weighted by Crippen LogP contribution is -1.91. The van der Waals surface area contributed by atoms with Crippen molar-refractivity contribution in [1.82, 2.24) is 24.5 Å². The Morgan fingerprint density at radius 3 is 2.81 bits per heavy atom. The fraction of sp³-hybridized carbons (Fsp3) is 0.0588. The van der Waals surface area contributed by atoms with Gasteiger partial charge in [0.25, 0.3) is 5.78 Å². The van der Waals surface area contributed by atoms with Gasteiger partial charge in [0.05, 0.1) is 6.21 Å². The van der Waals surface area contributed by atoms with Crippen molar-refractivity contribution in [2.45, 2.75) is 10.9 Å². The lowest BCUT2D eigenvalue weighted by Gasteiger charge is -1.99. The smallest absolute Gasteiger partial charge is 0.207 e. The molecule has 0 fully saturated rings. The number of fused-ring (bicyclic) bond motifs is 1. The SMILES string of the molecule is Fc1ccc(/C=N/n2cnn3c(SCc4cccc(Br)c4)nnc23)cc1. The molecule has 0 aliphatic carbocycles. The standard InChI is InChI=1S/C17H12BrFN6S/c18-14-3-1-2-13(8-14)10-26-17-23-22-16-24(11-21-25(16)17)20-9-12-4-6-15(19)7-5-12/h1-9,11H,10H2/b20-9+. The first-order chi connectivity index (χ1) is 12.7. The summed E-state index contributed by atoms with van der Waals surface area (Å²) in [5.41, 5.74) is 1.96. The van der Waals surface area contributed by atoms with E-state index < -0.39 is 0 Å². The zero-order valence-corrected chi connectivity index (χ0v) is 15.7. The molecule has 0 atom stereocenters. The van der Waals surface area contributed by atoms with Crippen molar-refractivity contribution in [1.29, 1.82) is 0 Å². The summed E-state index contributed by atoms with van der Waals surface area (Å²) in [6.07, 6.45) is 3.18. The molecule has 2 aromatic carbocycles. The average Bonchev–Trinajstić information content (AvgIpc) is 3.22. The highest BCUT2D eigenvalue weighted by Crippen LogP contribution is 2.23. The Hall–Kier alpha value is -2.52. The van der Waals surface area contributed by atoms with Crippen molar-refractivity contribution in [2.75, 3.05) is 0 Å². The van der Waals surface area contributed by atoms with Crippen LogP contribution < -0.4 is 0 Å². The van der Waals surface area contributed by atoms with Gasteiger partial charge in [-0.3, -0.25) is 0 Å². The van der Waals surface area contributed by atoms with Crippen LogP contribution in [0.25, 0.3) is 5.78 Å². The number of nitrogens with zero attached hydrogens (tertiary/aromatic N) is 6. The summed E-state index contributed by atoms with van der Waals surface area (Å²) in [6, 6.07) is 14.2. The van der Waals surface area contributed by atoms with Crippen molar-refractivity contribution in [3.8, 4) is 0 Å². The van der Waals surface area contributed by atoms with E-state index >= 15 is 0 Å². The Bertz CT molecular complexity index is 1070. The van der Waals surface area contributed by atoms with Crippen LogP contribution in [0.15, 0.2) is 69.6 Å². The van der Waals surface area contributed by atoms with Gasteiger partial charge in [-0.05, 0) is 35.4 Å². The number of rotatable bonds is 5. The van der Waals surface area contributed by atoms with Crippen molar-refractivity contribution in [3.05, 3.63) is 76.3 Å². The van der Waals surface area contributed by atoms with Crippen LogP contribution >= 0.6 is 27.7 Å². The van der Waals surface area contributed by atoms with Crippen LogP contribution in [0.5, 0.6) is 0 Å². The van der Waals surface area contributed by atoms with E-state index in [2.05, 4.69) is 48.5 Å². The van der Waals surface area contributed by atoms with E-state index in [1.165, 1.54) is 22.4 Å². The van der Waals surface area contributed by atoms with Crippen LogP contribution in [-0.4, -0.2) is 30.7 Å².